The van der Waals surface area contributed by atoms with Crippen LogP contribution in [0.5, 0.6) is 11.5 Å². The van der Waals surface area contributed by atoms with Crippen molar-refractivity contribution in [1.82, 2.24) is 14.9 Å². The Morgan fingerprint density at radius 2 is 1.53 bits per heavy atom. The monoisotopic (exact) mass is 736 g/mol. The van der Waals surface area contributed by atoms with E-state index in [2.05, 4.69) is 46.1 Å². The van der Waals surface area contributed by atoms with Gasteiger partial charge in [0, 0.05) is 42.2 Å². The maximum Gasteiger partial charge on any atom is 0.311 e. The van der Waals surface area contributed by atoms with Gasteiger partial charge < -0.3 is 29.1 Å². The van der Waals surface area contributed by atoms with Gasteiger partial charge in [0.25, 0.3) is 0 Å². The van der Waals surface area contributed by atoms with E-state index in [1.807, 2.05) is 113 Å². The summed E-state index contributed by atoms with van der Waals surface area (Å²) < 4.78 is 17.3. The van der Waals surface area contributed by atoms with Crippen molar-refractivity contribution >= 4 is 34.7 Å². The van der Waals surface area contributed by atoms with Crippen LogP contribution < -0.4 is 9.47 Å². The van der Waals surface area contributed by atoms with Gasteiger partial charge in [0.05, 0.1) is 24.9 Å². The van der Waals surface area contributed by atoms with Gasteiger partial charge in [0.2, 0.25) is 0 Å². The lowest BCUT2D eigenvalue weighted by molar-refractivity contribution is -0.134. The molecule has 0 saturated heterocycles. The molecule has 0 unspecified atom stereocenters. The molecule has 2 aromatic heterocycles. The topological polar surface area (TPSA) is 109 Å². The summed E-state index contributed by atoms with van der Waals surface area (Å²) >= 11 is 0. The molecule has 3 aromatic carbocycles. The van der Waals surface area contributed by atoms with Gasteiger partial charge in [-0.3, -0.25) is 9.59 Å². The van der Waals surface area contributed by atoms with E-state index in [-0.39, 0.29) is 18.6 Å². The van der Waals surface area contributed by atoms with Gasteiger partial charge in [-0.05, 0) is 110 Å². The summed E-state index contributed by atoms with van der Waals surface area (Å²) in [5.74, 6) is 1.26. The second-order valence-corrected chi connectivity index (χ2v) is 13.7. The molecule has 0 saturated carbocycles. The molecule has 9 heteroatoms. The van der Waals surface area contributed by atoms with Crippen LogP contribution in [-0.4, -0.2) is 66.7 Å². The molecule has 0 radical (unpaired) electrons. The average Bonchev–Trinajstić information content (AvgIpc) is 3.93. The third-order valence-electron chi connectivity index (χ3n) is 9.55. The highest BCUT2D eigenvalue weighted by Crippen LogP contribution is 2.36. The molecule has 0 aliphatic carbocycles. The lowest BCUT2D eigenvalue weighted by Crippen LogP contribution is -2.19. The molecule has 0 bridgehead atoms. The molecule has 1 aliphatic heterocycles. The smallest absolute Gasteiger partial charge is 0.311 e. The normalized spacial score (nSPS) is 13.8. The Morgan fingerprint density at radius 1 is 0.836 bits per heavy atom. The third-order valence-corrected chi connectivity index (χ3v) is 9.55. The number of ketones is 1. The largest absolute Gasteiger partial charge is 0.494 e. The number of hydrogen-bond donors (Lipinski definition) is 2. The molecule has 0 fully saturated rings. The molecule has 0 atom stereocenters. The van der Waals surface area contributed by atoms with E-state index < -0.39 is 5.97 Å². The minimum Gasteiger partial charge on any atom is -0.494 e. The SMILES string of the molecule is CC/C(=C(/c1ccc(OCCN(C)C)cc1)c1ccc(OC(=O)CCC(=O)c2c(C)[nH]c(/C=C3/N=C(c4ccc[nH]4)C=C3OC)c2C)cc1)c1ccccc1. The van der Waals surface area contributed by atoms with Gasteiger partial charge in [0.15, 0.2) is 5.78 Å². The third kappa shape index (κ3) is 9.31. The minimum atomic E-state index is -0.472. The number of aryl methyl sites for hydroxylation is 1. The fourth-order valence-electron chi connectivity index (χ4n) is 6.74. The Labute approximate surface area is 323 Å². The van der Waals surface area contributed by atoms with Crippen molar-refractivity contribution in [1.29, 1.82) is 0 Å². The zero-order valence-electron chi connectivity index (χ0n) is 32.4. The molecule has 5 aromatic rings. The summed E-state index contributed by atoms with van der Waals surface area (Å²) in [6, 6.07) is 30.0. The van der Waals surface area contributed by atoms with Crippen LogP contribution in [0, 0.1) is 13.8 Å². The minimum absolute atomic E-state index is 0.0173. The van der Waals surface area contributed by atoms with E-state index in [1.54, 1.807) is 7.11 Å². The van der Waals surface area contributed by atoms with Gasteiger partial charge in [-0.15, -0.1) is 0 Å². The number of benzene rings is 3. The second-order valence-electron chi connectivity index (χ2n) is 13.7. The van der Waals surface area contributed by atoms with Crippen LogP contribution in [0.15, 0.2) is 120 Å². The Bertz CT molecular complexity index is 2240. The molecule has 282 valence electrons. The molecule has 2 N–H and O–H groups in total. The number of methoxy groups -OCH3 is 1. The molecule has 1 aliphatic rings. The number of allylic oxidation sites excluding steroid dienone is 2. The van der Waals surface area contributed by atoms with Gasteiger partial charge in [0.1, 0.15) is 29.6 Å². The predicted octanol–water partition coefficient (Wildman–Crippen LogP) is 9.21. The molecular weight excluding hydrogens is 689 g/mol. The zero-order chi connectivity index (χ0) is 38.9. The first-order valence-corrected chi connectivity index (χ1v) is 18.5. The van der Waals surface area contributed by atoms with Gasteiger partial charge in [-0.25, -0.2) is 4.99 Å². The Kier molecular flexibility index (Phi) is 12.4. The number of ether oxygens (including phenoxy) is 3. The number of aromatic nitrogens is 2. The highest BCUT2D eigenvalue weighted by molar-refractivity contribution is 6.11. The molecular formula is C46H48N4O5. The predicted molar refractivity (Wildman–Crippen MR) is 219 cm³/mol. The fraction of sp³-hybridized carbons (Fsp3) is 0.239. The van der Waals surface area contributed by atoms with Crippen LogP contribution in [0.25, 0.3) is 17.2 Å². The molecule has 0 spiro atoms. The van der Waals surface area contributed by atoms with E-state index in [0.29, 0.717) is 29.4 Å². The number of carbonyl (C=O) groups excluding carboxylic acids is 2. The quantitative estimate of drug-likeness (QED) is 0.0453. The summed E-state index contributed by atoms with van der Waals surface area (Å²) in [5.41, 5.74) is 10.6. The van der Waals surface area contributed by atoms with E-state index in [0.717, 1.165) is 69.3 Å². The van der Waals surface area contributed by atoms with E-state index in [9.17, 15) is 9.59 Å². The first-order chi connectivity index (χ1) is 26.6. The number of hydrogen-bond acceptors (Lipinski definition) is 7. The lowest BCUT2D eigenvalue weighted by atomic mass is 9.88. The highest BCUT2D eigenvalue weighted by atomic mass is 16.5. The summed E-state index contributed by atoms with van der Waals surface area (Å²) in [6.07, 6.45) is 6.38. The molecule has 0 amide bonds. The number of nitrogens with one attached hydrogen (secondary N) is 2. The van der Waals surface area contributed by atoms with E-state index >= 15 is 0 Å². The van der Waals surface area contributed by atoms with Crippen LogP contribution in [0.3, 0.4) is 0 Å². The Morgan fingerprint density at radius 3 is 2.15 bits per heavy atom. The van der Waals surface area contributed by atoms with Crippen molar-refractivity contribution in [2.75, 3.05) is 34.4 Å². The molecule has 55 heavy (non-hydrogen) atoms. The number of Topliss-reactive ketones (excluding diaryl/α,β-unsaturated/α-hetero) is 1. The van der Waals surface area contributed by atoms with Crippen molar-refractivity contribution < 1.29 is 23.8 Å². The average molecular weight is 737 g/mol. The standard InChI is InChI=1S/C46H48N4O5/c1-7-37(32-12-9-8-10-13-32)46(33-15-19-35(20-16-33)54-27-26-50(4)5)34-17-21-36(22-18-34)55-44(52)24-23-42(51)45-30(2)39(48-31(45)3)28-41-43(53-6)29-40(49-41)38-14-11-25-47-38/h8-22,25,28-29,47-48H,7,23-24,26-27H2,1-6H3/b41-28+,46-37+. The number of esters is 1. The van der Waals surface area contributed by atoms with E-state index in [4.69, 9.17) is 19.2 Å². The van der Waals surface area contributed by atoms with Crippen molar-refractivity contribution in [3.63, 3.8) is 0 Å². The summed E-state index contributed by atoms with van der Waals surface area (Å²) in [5, 5.41) is 0. The molecule has 6 rings (SSSR count). The maximum atomic E-state index is 13.5. The van der Waals surface area contributed by atoms with E-state index in [1.165, 1.54) is 5.57 Å². The number of rotatable bonds is 16. The van der Waals surface area contributed by atoms with Crippen LogP contribution in [0.2, 0.25) is 0 Å². The number of carbonyl (C=O) groups is 2. The van der Waals surface area contributed by atoms with Crippen LogP contribution >= 0.6 is 0 Å². The second kappa shape index (κ2) is 17.8. The number of H-pyrrole nitrogens is 2. The van der Waals surface area contributed by atoms with Crippen molar-refractivity contribution in [2.45, 2.75) is 40.0 Å². The summed E-state index contributed by atoms with van der Waals surface area (Å²) in [6.45, 7) is 7.35. The number of likely N-dealkylation sites (N-methyl/N-ethyl adjacent to an activating group) is 1. The van der Waals surface area contributed by atoms with Gasteiger partial charge >= 0.3 is 5.97 Å². The highest BCUT2D eigenvalue weighted by Gasteiger charge is 2.22. The van der Waals surface area contributed by atoms with Gasteiger partial charge in [-0.1, -0.05) is 61.5 Å². The first-order valence-electron chi connectivity index (χ1n) is 18.5. The van der Waals surface area contributed by atoms with Crippen LogP contribution in [-0.2, 0) is 9.53 Å². The Hall–Kier alpha value is -6.19. The number of nitrogens with zero attached hydrogens (tertiary/aromatic N) is 2. The maximum absolute atomic E-state index is 13.5. The van der Waals surface area contributed by atoms with Crippen LogP contribution in [0.1, 0.15) is 75.9 Å². The van der Waals surface area contributed by atoms with Crippen molar-refractivity contribution in [2.24, 2.45) is 4.99 Å². The summed E-state index contributed by atoms with van der Waals surface area (Å²) in [4.78, 5) is 39.8. The van der Waals surface area contributed by atoms with Gasteiger partial charge in [-0.2, -0.15) is 0 Å². The Balaban J connectivity index is 1.14. The molecule has 3 heterocycles. The number of aliphatic imine (C=N–C) groups is 1. The van der Waals surface area contributed by atoms with Crippen LogP contribution in [0.4, 0.5) is 0 Å². The van der Waals surface area contributed by atoms with Crippen molar-refractivity contribution in [3.05, 3.63) is 160 Å². The molecule has 9 nitrogen and oxygen atoms in total. The summed E-state index contributed by atoms with van der Waals surface area (Å²) in [7, 11) is 5.66. The number of aromatic amines is 2. The fourth-order valence-corrected chi connectivity index (χ4v) is 6.74. The lowest BCUT2D eigenvalue weighted by Gasteiger charge is -2.17. The first kappa shape index (κ1) is 38.5. The zero-order valence-corrected chi connectivity index (χ0v) is 32.4. The van der Waals surface area contributed by atoms with Crippen molar-refractivity contribution in [3.8, 4) is 11.5 Å².